The first-order chi connectivity index (χ1) is 11.2. The molecule has 23 heavy (non-hydrogen) atoms. The summed E-state index contributed by atoms with van der Waals surface area (Å²) in [6.45, 7) is 4.64. The van der Waals surface area contributed by atoms with E-state index in [1.807, 2.05) is 37.1 Å². The van der Waals surface area contributed by atoms with E-state index in [-0.39, 0.29) is 5.91 Å². The highest BCUT2D eigenvalue weighted by Crippen LogP contribution is 2.21. The molecule has 1 atom stereocenters. The summed E-state index contributed by atoms with van der Waals surface area (Å²) in [5, 5.41) is 7.59. The first-order valence-corrected chi connectivity index (χ1v) is 8.16. The quantitative estimate of drug-likeness (QED) is 0.909. The second-order valence-electron chi connectivity index (χ2n) is 5.92. The lowest BCUT2D eigenvalue weighted by Gasteiger charge is -2.17. The SMILES string of the molecule is CCc1c(C(=O)N2CC[C@@H](CNC)C2)cnn1-c1ccccn1. The number of aromatic nitrogens is 3. The van der Waals surface area contributed by atoms with Crippen molar-refractivity contribution >= 4 is 5.91 Å². The zero-order valence-electron chi connectivity index (χ0n) is 13.7. The van der Waals surface area contributed by atoms with Crippen molar-refractivity contribution in [2.45, 2.75) is 19.8 Å². The Morgan fingerprint density at radius 2 is 2.30 bits per heavy atom. The maximum atomic E-state index is 12.9. The molecule has 0 spiro atoms. The molecule has 0 aromatic carbocycles. The molecule has 2 aromatic heterocycles. The monoisotopic (exact) mass is 313 g/mol. The minimum atomic E-state index is 0.0858. The summed E-state index contributed by atoms with van der Waals surface area (Å²) in [5.41, 5.74) is 1.62. The van der Waals surface area contributed by atoms with Crippen LogP contribution in [0.2, 0.25) is 0 Å². The van der Waals surface area contributed by atoms with Crippen molar-refractivity contribution in [1.82, 2.24) is 25.0 Å². The van der Waals surface area contributed by atoms with Gasteiger partial charge in [0.1, 0.15) is 0 Å². The van der Waals surface area contributed by atoms with Crippen LogP contribution >= 0.6 is 0 Å². The van der Waals surface area contributed by atoms with Crippen LogP contribution in [0.25, 0.3) is 5.82 Å². The molecule has 1 aliphatic heterocycles. The second-order valence-corrected chi connectivity index (χ2v) is 5.92. The van der Waals surface area contributed by atoms with Gasteiger partial charge in [-0.3, -0.25) is 4.79 Å². The predicted octanol–water partition coefficient (Wildman–Crippen LogP) is 1.51. The topological polar surface area (TPSA) is 63.1 Å². The number of carbonyl (C=O) groups excluding carboxylic acids is 1. The summed E-state index contributed by atoms with van der Waals surface area (Å²) in [5.74, 6) is 1.38. The Kier molecular flexibility index (Phi) is 4.71. The fourth-order valence-corrected chi connectivity index (χ4v) is 3.21. The summed E-state index contributed by atoms with van der Waals surface area (Å²) in [7, 11) is 1.95. The van der Waals surface area contributed by atoms with E-state index >= 15 is 0 Å². The number of hydrogen-bond donors (Lipinski definition) is 1. The van der Waals surface area contributed by atoms with Gasteiger partial charge >= 0.3 is 0 Å². The van der Waals surface area contributed by atoms with Gasteiger partial charge in [-0.2, -0.15) is 5.10 Å². The Balaban J connectivity index is 1.83. The molecule has 3 rings (SSSR count). The molecular weight excluding hydrogens is 290 g/mol. The van der Waals surface area contributed by atoms with Crippen molar-refractivity contribution < 1.29 is 4.79 Å². The Morgan fingerprint density at radius 1 is 1.43 bits per heavy atom. The summed E-state index contributed by atoms with van der Waals surface area (Å²) >= 11 is 0. The molecule has 6 heteroatoms. The van der Waals surface area contributed by atoms with Gasteiger partial charge in [0, 0.05) is 19.3 Å². The second kappa shape index (κ2) is 6.91. The lowest BCUT2D eigenvalue weighted by molar-refractivity contribution is 0.0786. The van der Waals surface area contributed by atoms with Gasteiger partial charge in [-0.05, 0) is 44.5 Å². The van der Waals surface area contributed by atoms with Crippen LogP contribution in [0.3, 0.4) is 0 Å². The largest absolute Gasteiger partial charge is 0.338 e. The van der Waals surface area contributed by atoms with Gasteiger partial charge < -0.3 is 10.2 Å². The Hall–Kier alpha value is -2.21. The van der Waals surface area contributed by atoms with Crippen LogP contribution in [-0.2, 0) is 6.42 Å². The number of nitrogens with one attached hydrogen (secondary N) is 1. The molecule has 0 unspecified atom stereocenters. The Labute approximate surface area is 136 Å². The average molecular weight is 313 g/mol. The zero-order chi connectivity index (χ0) is 16.2. The third-order valence-electron chi connectivity index (χ3n) is 4.37. The average Bonchev–Trinajstić information content (AvgIpc) is 3.22. The van der Waals surface area contributed by atoms with Crippen molar-refractivity contribution in [3.63, 3.8) is 0 Å². The zero-order valence-corrected chi connectivity index (χ0v) is 13.7. The molecule has 1 saturated heterocycles. The molecule has 1 fully saturated rings. The number of carbonyl (C=O) groups is 1. The highest BCUT2D eigenvalue weighted by molar-refractivity contribution is 5.95. The van der Waals surface area contributed by atoms with E-state index in [0.29, 0.717) is 11.5 Å². The van der Waals surface area contributed by atoms with Crippen LogP contribution in [0.4, 0.5) is 0 Å². The van der Waals surface area contributed by atoms with Gasteiger partial charge in [-0.15, -0.1) is 0 Å². The number of pyridine rings is 1. The molecule has 6 nitrogen and oxygen atoms in total. The Bertz CT molecular complexity index is 667. The van der Waals surface area contributed by atoms with Crippen LogP contribution in [0, 0.1) is 5.92 Å². The van der Waals surface area contributed by atoms with Gasteiger partial charge in [0.05, 0.1) is 17.5 Å². The molecule has 0 saturated carbocycles. The van der Waals surface area contributed by atoms with Gasteiger partial charge in [-0.25, -0.2) is 9.67 Å². The minimum Gasteiger partial charge on any atom is -0.338 e. The minimum absolute atomic E-state index is 0.0858. The van der Waals surface area contributed by atoms with Gasteiger partial charge in [-0.1, -0.05) is 13.0 Å². The van der Waals surface area contributed by atoms with Crippen molar-refractivity contribution in [1.29, 1.82) is 0 Å². The van der Waals surface area contributed by atoms with Gasteiger partial charge in [0.15, 0.2) is 5.82 Å². The lowest BCUT2D eigenvalue weighted by Crippen LogP contribution is -2.30. The van der Waals surface area contributed by atoms with Crippen molar-refractivity contribution in [2.24, 2.45) is 5.92 Å². The summed E-state index contributed by atoms with van der Waals surface area (Å²) in [6, 6.07) is 5.70. The number of likely N-dealkylation sites (tertiary alicyclic amines) is 1. The molecule has 122 valence electrons. The van der Waals surface area contributed by atoms with Crippen LogP contribution < -0.4 is 5.32 Å². The number of amides is 1. The van der Waals surface area contributed by atoms with Crippen LogP contribution in [0.1, 0.15) is 29.4 Å². The van der Waals surface area contributed by atoms with E-state index in [1.54, 1.807) is 17.1 Å². The van der Waals surface area contributed by atoms with Crippen molar-refractivity contribution in [3.05, 3.63) is 41.9 Å². The fourth-order valence-electron chi connectivity index (χ4n) is 3.21. The molecule has 0 aliphatic carbocycles. The summed E-state index contributed by atoms with van der Waals surface area (Å²) in [6.07, 6.45) is 5.22. The lowest BCUT2D eigenvalue weighted by atomic mass is 10.1. The maximum Gasteiger partial charge on any atom is 0.257 e. The third-order valence-corrected chi connectivity index (χ3v) is 4.37. The normalized spacial score (nSPS) is 17.7. The predicted molar refractivity (Wildman–Crippen MR) is 88.7 cm³/mol. The highest BCUT2D eigenvalue weighted by Gasteiger charge is 2.29. The molecular formula is C17H23N5O. The molecule has 0 radical (unpaired) electrons. The van der Waals surface area contributed by atoms with Crippen LogP contribution in [-0.4, -0.2) is 52.3 Å². The highest BCUT2D eigenvalue weighted by atomic mass is 16.2. The third kappa shape index (κ3) is 3.12. The first-order valence-electron chi connectivity index (χ1n) is 8.16. The first kappa shape index (κ1) is 15.7. The van der Waals surface area contributed by atoms with Gasteiger partial charge in [0.2, 0.25) is 0 Å². The van der Waals surface area contributed by atoms with E-state index in [1.165, 1.54) is 0 Å². The summed E-state index contributed by atoms with van der Waals surface area (Å²) in [4.78, 5) is 19.1. The fraction of sp³-hybridized carbons (Fsp3) is 0.471. The number of nitrogens with zero attached hydrogens (tertiary/aromatic N) is 4. The molecule has 1 amide bonds. The van der Waals surface area contributed by atoms with Crippen LogP contribution in [0.5, 0.6) is 0 Å². The van der Waals surface area contributed by atoms with Crippen molar-refractivity contribution in [3.8, 4) is 5.82 Å². The van der Waals surface area contributed by atoms with E-state index in [4.69, 9.17) is 0 Å². The smallest absolute Gasteiger partial charge is 0.257 e. The van der Waals surface area contributed by atoms with E-state index < -0.39 is 0 Å². The van der Waals surface area contributed by atoms with E-state index in [2.05, 4.69) is 15.4 Å². The Morgan fingerprint density at radius 3 is 3.00 bits per heavy atom. The molecule has 0 bridgehead atoms. The van der Waals surface area contributed by atoms with Gasteiger partial charge in [0.25, 0.3) is 5.91 Å². The van der Waals surface area contributed by atoms with Crippen molar-refractivity contribution in [2.75, 3.05) is 26.7 Å². The molecule has 1 aliphatic rings. The molecule has 2 aromatic rings. The van der Waals surface area contributed by atoms with E-state index in [9.17, 15) is 4.79 Å². The maximum absolute atomic E-state index is 12.9. The standard InChI is InChI=1S/C17H23N5O/c1-3-15-14(11-20-22(15)16-6-4-5-8-19-16)17(23)21-9-7-13(12-21)10-18-2/h4-6,8,11,13,18H,3,7,9-10,12H2,1-2H3/t13-/m0/s1. The number of rotatable bonds is 5. The molecule has 3 heterocycles. The molecule has 1 N–H and O–H groups in total. The van der Waals surface area contributed by atoms with E-state index in [0.717, 1.165) is 44.0 Å². The van der Waals surface area contributed by atoms with Crippen LogP contribution in [0.15, 0.2) is 30.6 Å². The number of hydrogen-bond acceptors (Lipinski definition) is 4. The summed E-state index contributed by atoms with van der Waals surface area (Å²) < 4.78 is 1.77.